The van der Waals surface area contributed by atoms with Crippen LogP contribution in [0.1, 0.15) is 17.5 Å². The third kappa shape index (κ3) is 4.97. The van der Waals surface area contributed by atoms with Crippen molar-refractivity contribution in [2.24, 2.45) is 10.7 Å². The van der Waals surface area contributed by atoms with E-state index in [0.29, 0.717) is 42.8 Å². The predicted octanol–water partition coefficient (Wildman–Crippen LogP) is 1.15. The van der Waals surface area contributed by atoms with Crippen molar-refractivity contribution in [3.63, 3.8) is 0 Å². The summed E-state index contributed by atoms with van der Waals surface area (Å²) in [5, 5.41) is 10.9. The topological polar surface area (TPSA) is 145 Å². The van der Waals surface area contributed by atoms with Crippen LogP contribution in [0.3, 0.4) is 0 Å². The van der Waals surface area contributed by atoms with Crippen LogP contribution in [0, 0.1) is 0 Å². The number of morpholine rings is 1. The molecule has 154 valence electrons. The minimum absolute atomic E-state index is 0.0411. The Morgan fingerprint density at radius 1 is 1.41 bits per heavy atom. The van der Waals surface area contributed by atoms with Crippen LogP contribution in [0.5, 0.6) is 5.75 Å². The van der Waals surface area contributed by atoms with Gasteiger partial charge >= 0.3 is 5.63 Å². The van der Waals surface area contributed by atoms with Crippen LogP contribution in [0.15, 0.2) is 32.5 Å². The van der Waals surface area contributed by atoms with E-state index < -0.39 is 11.5 Å². The monoisotopic (exact) mass is 420 g/mol. The summed E-state index contributed by atoms with van der Waals surface area (Å²) in [5.41, 5.74) is 5.68. The molecule has 3 rings (SSSR count). The summed E-state index contributed by atoms with van der Waals surface area (Å²) in [5.74, 6) is -0.760. The molecule has 0 saturated carbocycles. The zero-order chi connectivity index (χ0) is 20.8. The van der Waals surface area contributed by atoms with E-state index in [4.69, 9.17) is 19.6 Å². The Labute approximate surface area is 169 Å². The Hall–Kier alpha value is -3.25. The normalized spacial score (nSPS) is 15.0. The van der Waals surface area contributed by atoms with Crippen molar-refractivity contribution >= 4 is 38.9 Å². The van der Waals surface area contributed by atoms with Gasteiger partial charge in [0.1, 0.15) is 0 Å². The predicted molar refractivity (Wildman–Crippen MR) is 109 cm³/mol. The van der Waals surface area contributed by atoms with Gasteiger partial charge < -0.3 is 24.5 Å². The fourth-order valence-corrected chi connectivity index (χ4v) is 3.28. The number of allylic oxidation sites excluding steroid dienone is 1. The maximum absolute atomic E-state index is 12.6. The quantitative estimate of drug-likeness (QED) is 0.657. The number of hydrogen-bond acceptors (Lipinski definition) is 11. The molecule has 1 fully saturated rings. The van der Waals surface area contributed by atoms with Gasteiger partial charge in [0.2, 0.25) is 16.0 Å². The third-order valence-electron chi connectivity index (χ3n) is 3.91. The fraction of sp³-hybridized carbons (Fsp3) is 0.353. The van der Waals surface area contributed by atoms with Gasteiger partial charge in [-0.25, -0.2) is 9.79 Å². The summed E-state index contributed by atoms with van der Waals surface area (Å²) in [6, 6.07) is 1.47. The number of nitrogens with two attached hydrogens (primary N) is 1. The van der Waals surface area contributed by atoms with Crippen molar-refractivity contribution in [2.45, 2.75) is 6.92 Å². The average molecular weight is 420 g/mol. The first kappa shape index (κ1) is 20.5. The van der Waals surface area contributed by atoms with Crippen molar-refractivity contribution < 1.29 is 18.7 Å². The number of amides is 1. The van der Waals surface area contributed by atoms with E-state index in [2.05, 4.69) is 20.5 Å². The van der Waals surface area contributed by atoms with Crippen molar-refractivity contribution in [1.29, 1.82) is 0 Å². The Kier molecular flexibility index (Phi) is 6.57. The largest absolute Gasteiger partial charge is 0.488 e. The number of methoxy groups -OCH3 is 1. The van der Waals surface area contributed by atoms with Crippen LogP contribution in [-0.2, 0) is 4.74 Å². The van der Waals surface area contributed by atoms with Gasteiger partial charge in [-0.2, -0.15) is 0 Å². The van der Waals surface area contributed by atoms with E-state index >= 15 is 0 Å². The standard InChI is InChI=1S/C17H20N6O5S/c1-10(3-4-18)19-16-21-22-17(29-16)20-14(24)12-9-11(13(26-2)15(25)28-12)23-5-7-27-8-6-23/h3-4,9H,5-8,18H2,1-2H3,(H,20,22,24). The number of rotatable bonds is 6. The number of aliphatic imine (C=N–C) groups is 1. The van der Waals surface area contributed by atoms with E-state index in [1.807, 2.05) is 4.90 Å². The van der Waals surface area contributed by atoms with Crippen LogP contribution in [0.4, 0.5) is 16.0 Å². The minimum Gasteiger partial charge on any atom is -0.488 e. The molecule has 0 aliphatic carbocycles. The van der Waals surface area contributed by atoms with E-state index in [1.54, 1.807) is 13.0 Å². The van der Waals surface area contributed by atoms with Crippen LogP contribution in [0.25, 0.3) is 0 Å². The fourth-order valence-electron chi connectivity index (χ4n) is 2.61. The molecule has 0 radical (unpaired) electrons. The Morgan fingerprint density at radius 3 is 2.86 bits per heavy atom. The number of carbonyl (C=O) groups is 1. The molecule has 1 saturated heterocycles. The summed E-state index contributed by atoms with van der Waals surface area (Å²) in [4.78, 5) is 31.0. The molecule has 0 bridgehead atoms. The molecule has 0 unspecified atom stereocenters. The van der Waals surface area contributed by atoms with Crippen LogP contribution in [-0.4, -0.2) is 55.2 Å². The molecule has 0 spiro atoms. The number of carbonyl (C=O) groups excluding carboxylic acids is 1. The highest BCUT2D eigenvalue weighted by Crippen LogP contribution is 2.28. The van der Waals surface area contributed by atoms with Crippen molar-refractivity contribution in [3.05, 3.63) is 34.5 Å². The molecule has 11 nitrogen and oxygen atoms in total. The Morgan fingerprint density at radius 2 is 2.17 bits per heavy atom. The highest BCUT2D eigenvalue weighted by Gasteiger charge is 2.23. The molecule has 12 heteroatoms. The SMILES string of the molecule is COc1c(N2CCOCC2)cc(C(=O)Nc2nnc(N=C(C)C=CN)s2)oc1=O. The number of nitrogens with one attached hydrogen (secondary N) is 1. The molecule has 0 atom stereocenters. The maximum atomic E-state index is 12.6. The second-order valence-electron chi connectivity index (χ2n) is 5.87. The first-order valence-corrected chi connectivity index (χ1v) is 9.46. The highest BCUT2D eigenvalue weighted by molar-refractivity contribution is 7.18. The van der Waals surface area contributed by atoms with E-state index in [1.165, 1.54) is 19.4 Å². The van der Waals surface area contributed by atoms with Crippen LogP contribution >= 0.6 is 11.3 Å². The lowest BCUT2D eigenvalue weighted by atomic mass is 10.2. The second-order valence-corrected chi connectivity index (χ2v) is 6.83. The minimum atomic E-state index is -0.742. The average Bonchev–Trinajstić information content (AvgIpc) is 3.14. The van der Waals surface area contributed by atoms with Crippen molar-refractivity contribution in [3.8, 4) is 5.75 Å². The van der Waals surface area contributed by atoms with Crippen molar-refractivity contribution in [2.75, 3.05) is 43.6 Å². The van der Waals surface area contributed by atoms with Gasteiger partial charge in [0, 0.05) is 24.9 Å². The van der Waals surface area contributed by atoms with Gasteiger partial charge in [-0.15, -0.1) is 10.2 Å². The van der Waals surface area contributed by atoms with Gasteiger partial charge in [-0.05, 0) is 19.2 Å². The summed E-state index contributed by atoms with van der Waals surface area (Å²) < 4.78 is 15.6. The van der Waals surface area contributed by atoms with Crippen molar-refractivity contribution in [1.82, 2.24) is 10.2 Å². The highest BCUT2D eigenvalue weighted by atomic mass is 32.1. The molecule has 3 heterocycles. The molecule has 29 heavy (non-hydrogen) atoms. The van der Waals surface area contributed by atoms with Gasteiger partial charge in [-0.3, -0.25) is 10.1 Å². The number of nitrogens with zero attached hydrogens (tertiary/aromatic N) is 4. The smallest absolute Gasteiger partial charge is 0.381 e. The molecule has 3 N–H and O–H groups in total. The first-order chi connectivity index (χ1) is 14.0. The molecular weight excluding hydrogens is 400 g/mol. The summed E-state index contributed by atoms with van der Waals surface area (Å²) in [6.45, 7) is 3.90. The summed E-state index contributed by atoms with van der Waals surface area (Å²) >= 11 is 1.07. The second kappa shape index (κ2) is 9.30. The van der Waals surface area contributed by atoms with Gasteiger partial charge in [-0.1, -0.05) is 11.3 Å². The lowest BCUT2D eigenvalue weighted by Gasteiger charge is -2.29. The number of ether oxygens (including phenoxy) is 2. The van der Waals surface area contributed by atoms with E-state index in [-0.39, 0.29) is 16.6 Å². The Balaban J connectivity index is 1.82. The van der Waals surface area contributed by atoms with Gasteiger partial charge in [0.05, 0.1) is 26.0 Å². The lowest BCUT2D eigenvalue weighted by molar-refractivity contribution is 0.0991. The van der Waals surface area contributed by atoms with Crippen LogP contribution in [0.2, 0.25) is 0 Å². The molecule has 1 aliphatic heterocycles. The zero-order valence-corrected chi connectivity index (χ0v) is 16.7. The molecule has 1 aliphatic rings. The third-order valence-corrected chi connectivity index (χ3v) is 4.64. The van der Waals surface area contributed by atoms with Gasteiger partial charge in [0.25, 0.3) is 5.91 Å². The maximum Gasteiger partial charge on any atom is 0.381 e. The number of aromatic nitrogens is 2. The van der Waals surface area contributed by atoms with Gasteiger partial charge in [0.15, 0.2) is 5.76 Å². The molecule has 2 aromatic heterocycles. The number of anilines is 2. The van der Waals surface area contributed by atoms with Crippen LogP contribution < -0.4 is 26.3 Å². The summed E-state index contributed by atoms with van der Waals surface area (Å²) in [7, 11) is 1.38. The molecule has 1 amide bonds. The lowest BCUT2D eigenvalue weighted by Crippen LogP contribution is -2.37. The zero-order valence-electron chi connectivity index (χ0n) is 15.9. The first-order valence-electron chi connectivity index (χ1n) is 8.65. The molecular formula is C17H20N6O5S. The Bertz CT molecular complexity index is 992. The van der Waals surface area contributed by atoms with E-state index in [9.17, 15) is 9.59 Å². The van der Waals surface area contributed by atoms with E-state index in [0.717, 1.165) is 11.3 Å². The number of hydrogen-bond donors (Lipinski definition) is 2. The summed E-state index contributed by atoms with van der Waals surface area (Å²) in [6.07, 6.45) is 2.97. The molecule has 0 aromatic carbocycles. The molecule has 2 aromatic rings.